The van der Waals surface area contributed by atoms with Gasteiger partial charge in [0, 0.05) is 12.6 Å². The maximum absolute atomic E-state index is 12.1. The summed E-state index contributed by atoms with van der Waals surface area (Å²) in [5.74, 6) is 0.0325. The van der Waals surface area contributed by atoms with Crippen molar-refractivity contribution in [2.45, 2.75) is 25.9 Å². The Morgan fingerprint density at radius 1 is 1.35 bits per heavy atom. The van der Waals surface area contributed by atoms with Crippen molar-refractivity contribution < 1.29 is 13.2 Å². The van der Waals surface area contributed by atoms with E-state index in [1.165, 1.54) is 0 Å². The number of amides is 1. The van der Waals surface area contributed by atoms with Gasteiger partial charge in [0.05, 0.1) is 28.1 Å². The smallest absolute Gasteiger partial charge is 0.234 e. The molecular weight excluding hydrogens is 359 g/mol. The van der Waals surface area contributed by atoms with E-state index in [2.05, 4.69) is 5.32 Å². The number of carbonyl (C=O) groups excluding carboxylic acids is 1. The minimum absolute atomic E-state index is 0.0393. The summed E-state index contributed by atoms with van der Waals surface area (Å²) in [5.41, 5.74) is 0.970. The van der Waals surface area contributed by atoms with Crippen molar-refractivity contribution in [3.05, 3.63) is 33.8 Å². The molecule has 0 saturated carbocycles. The van der Waals surface area contributed by atoms with E-state index in [1.807, 2.05) is 17.9 Å². The summed E-state index contributed by atoms with van der Waals surface area (Å²) in [7, 11) is -2.99. The molecule has 1 aliphatic rings. The Balaban J connectivity index is 1.88. The predicted octanol–water partition coefficient (Wildman–Crippen LogP) is 2.12. The van der Waals surface area contributed by atoms with Crippen molar-refractivity contribution in [3.63, 3.8) is 0 Å². The highest BCUT2D eigenvalue weighted by molar-refractivity contribution is 7.91. The van der Waals surface area contributed by atoms with Gasteiger partial charge in [-0.25, -0.2) is 8.42 Å². The highest BCUT2D eigenvalue weighted by Crippen LogP contribution is 2.23. The molecule has 1 aliphatic heterocycles. The molecule has 1 amide bonds. The van der Waals surface area contributed by atoms with Gasteiger partial charge in [0.2, 0.25) is 5.91 Å². The molecule has 1 fully saturated rings. The lowest BCUT2D eigenvalue weighted by Gasteiger charge is -2.21. The van der Waals surface area contributed by atoms with Gasteiger partial charge in [-0.05, 0) is 30.7 Å². The molecule has 1 saturated heterocycles. The number of nitrogens with zero attached hydrogens (tertiary/aromatic N) is 1. The van der Waals surface area contributed by atoms with Gasteiger partial charge >= 0.3 is 0 Å². The second-order valence-corrected chi connectivity index (χ2v) is 8.76. The zero-order chi connectivity index (χ0) is 17.0. The Kier molecular flexibility index (Phi) is 6.31. The lowest BCUT2D eigenvalue weighted by atomic mass is 10.2. The van der Waals surface area contributed by atoms with Gasteiger partial charge in [0.25, 0.3) is 0 Å². The van der Waals surface area contributed by atoms with E-state index in [1.54, 1.807) is 12.1 Å². The lowest BCUT2D eigenvalue weighted by Crippen LogP contribution is -2.42. The topological polar surface area (TPSA) is 66.5 Å². The van der Waals surface area contributed by atoms with E-state index in [0.29, 0.717) is 29.6 Å². The summed E-state index contributed by atoms with van der Waals surface area (Å²) in [4.78, 5) is 14.1. The molecule has 0 aliphatic carbocycles. The molecule has 1 aromatic carbocycles. The highest BCUT2D eigenvalue weighted by atomic mass is 35.5. The molecule has 0 unspecified atom stereocenters. The molecule has 0 bridgehead atoms. The first kappa shape index (κ1) is 18.5. The molecule has 1 heterocycles. The lowest BCUT2D eigenvalue weighted by molar-refractivity contribution is -0.122. The van der Waals surface area contributed by atoms with Gasteiger partial charge in [-0.15, -0.1) is 0 Å². The Hall–Kier alpha value is -0.820. The van der Waals surface area contributed by atoms with Crippen LogP contribution in [-0.2, 0) is 21.2 Å². The summed E-state index contributed by atoms with van der Waals surface area (Å²) in [6, 6.07) is 5.12. The number of nitrogens with one attached hydrogen (secondary N) is 1. The molecule has 23 heavy (non-hydrogen) atoms. The number of likely N-dealkylation sites (N-methyl/N-ethyl adjacent to an activating group) is 1. The fraction of sp³-hybridized carbons (Fsp3) is 0.533. The van der Waals surface area contributed by atoms with Crippen LogP contribution in [0.3, 0.4) is 0 Å². The van der Waals surface area contributed by atoms with Gasteiger partial charge in [-0.2, -0.15) is 0 Å². The summed E-state index contributed by atoms with van der Waals surface area (Å²) in [5, 5.41) is 3.78. The number of halogens is 2. The van der Waals surface area contributed by atoms with E-state index in [-0.39, 0.29) is 30.0 Å². The van der Waals surface area contributed by atoms with Crippen molar-refractivity contribution in [2.24, 2.45) is 0 Å². The highest BCUT2D eigenvalue weighted by Gasteiger charge is 2.29. The summed E-state index contributed by atoms with van der Waals surface area (Å²) < 4.78 is 22.8. The molecule has 5 nitrogen and oxygen atoms in total. The van der Waals surface area contributed by atoms with Crippen LogP contribution in [0.2, 0.25) is 10.0 Å². The van der Waals surface area contributed by atoms with Gasteiger partial charge < -0.3 is 5.32 Å². The van der Waals surface area contributed by atoms with E-state index < -0.39 is 9.84 Å². The molecular formula is C15H20Cl2N2O3S. The van der Waals surface area contributed by atoms with Crippen LogP contribution < -0.4 is 5.32 Å². The molecule has 0 spiro atoms. The fourth-order valence-corrected chi connectivity index (χ4v) is 4.55. The maximum atomic E-state index is 12.1. The maximum Gasteiger partial charge on any atom is 0.234 e. The molecule has 2 rings (SSSR count). The predicted molar refractivity (Wildman–Crippen MR) is 92.6 cm³/mol. The Bertz CT molecular complexity index is 679. The quantitative estimate of drug-likeness (QED) is 0.822. The van der Waals surface area contributed by atoms with Gasteiger partial charge in [0.1, 0.15) is 0 Å². The Morgan fingerprint density at radius 3 is 2.65 bits per heavy atom. The minimum atomic E-state index is -2.99. The SMILES string of the molecule is CCN(CC(=O)N[C@@H]1CCS(=O)(=O)C1)Cc1ccc(Cl)c(Cl)c1. The van der Waals surface area contributed by atoms with Crippen molar-refractivity contribution in [1.82, 2.24) is 10.2 Å². The average molecular weight is 379 g/mol. The van der Waals surface area contributed by atoms with Crippen LogP contribution in [0.15, 0.2) is 18.2 Å². The van der Waals surface area contributed by atoms with Crippen molar-refractivity contribution in [2.75, 3.05) is 24.6 Å². The Morgan fingerprint density at radius 2 is 2.09 bits per heavy atom. The van der Waals surface area contributed by atoms with Crippen LogP contribution in [0.1, 0.15) is 18.9 Å². The molecule has 1 aromatic rings. The third-order valence-electron chi connectivity index (χ3n) is 3.80. The molecule has 0 radical (unpaired) electrons. The van der Waals surface area contributed by atoms with Gasteiger partial charge in [-0.1, -0.05) is 36.2 Å². The first-order chi connectivity index (χ1) is 10.8. The minimum Gasteiger partial charge on any atom is -0.351 e. The fourth-order valence-electron chi connectivity index (χ4n) is 2.56. The third kappa shape index (κ3) is 5.64. The average Bonchev–Trinajstić information content (AvgIpc) is 2.81. The van der Waals surface area contributed by atoms with E-state index >= 15 is 0 Å². The van der Waals surface area contributed by atoms with Crippen LogP contribution in [0.4, 0.5) is 0 Å². The van der Waals surface area contributed by atoms with Gasteiger partial charge in [0.15, 0.2) is 9.84 Å². The van der Waals surface area contributed by atoms with Crippen molar-refractivity contribution in [1.29, 1.82) is 0 Å². The van der Waals surface area contributed by atoms with Crippen LogP contribution >= 0.6 is 23.2 Å². The van der Waals surface area contributed by atoms with Crippen LogP contribution in [-0.4, -0.2) is 49.9 Å². The number of sulfone groups is 1. The Labute approximate surface area is 146 Å². The molecule has 128 valence electrons. The monoisotopic (exact) mass is 378 g/mol. The molecule has 1 atom stereocenters. The first-order valence-corrected chi connectivity index (χ1v) is 10.0. The first-order valence-electron chi connectivity index (χ1n) is 7.45. The number of benzene rings is 1. The summed E-state index contributed by atoms with van der Waals surface area (Å²) in [6.45, 7) is 3.44. The summed E-state index contributed by atoms with van der Waals surface area (Å²) in [6.07, 6.45) is 0.493. The number of hydrogen-bond acceptors (Lipinski definition) is 4. The molecule has 0 aromatic heterocycles. The number of rotatable bonds is 6. The van der Waals surface area contributed by atoms with Crippen LogP contribution in [0.25, 0.3) is 0 Å². The molecule has 8 heteroatoms. The number of hydrogen-bond donors (Lipinski definition) is 1. The number of carbonyl (C=O) groups is 1. The van der Waals surface area contributed by atoms with E-state index in [4.69, 9.17) is 23.2 Å². The van der Waals surface area contributed by atoms with Crippen LogP contribution in [0.5, 0.6) is 0 Å². The van der Waals surface area contributed by atoms with Crippen LogP contribution in [0, 0.1) is 0 Å². The standard InChI is InChI=1S/C15H20Cl2N2O3S/c1-2-19(8-11-3-4-13(16)14(17)7-11)9-15(20)18-12-5-6-23(21,22)10-12/h3-4,7,12H,2,5-6,8-10H2,1H3,(H,18,20)/t12-/m1/s1. The van der Waals surface area contributed by atoms with Crippen molar-refractivity contribution in [3.8, 4) is 0 Å². The molecule has 1 N–H and O–H groups in total. The largest absolute Gasteiger partial charge is 0.351 e. The third-order valence-corrected chi connectivity index (χ3v) is 6.31. The van der Waals surface area contributed by atoms with Gasteiger partial charge in [-0.3, -0.25) is 9.69 Å². The zero-order valence-electron chi connectivity index (χ0n) is 12.9. The van der Waals surface area contributed by atoms with Crippen molar-refractivity contribution >= 4 is 38.9 Å². The second-order valence-electron chi connectivity index (χ2n) is 5.72. The zero-order valence-corrected chi connectivity index (χ0v) is 15.2. The van der Waals surface area contributed by atoms with E-state index in [9.17, 15) is 13.2 Å². The normalized spacial score (nSPS) is 19.9. The second kappa shape index (κ2) is 7.83. The van der Waals surface area contributed by atoms with E-state index in [0.717, 1.165) is 5.56 Å². The summed E-state index contributed by atoms with van der Waals surface area (Å²) >= 11 is 11.9.